The molecule has 1 fully saturated rings. The van der Waals surface area contributed by atoms with Gasteiger partial charge in [0.05, 0.1) is 13.1 Å². The summed E-state index contributed by atoms with van der Waals surface area (Å²) in [6.07, 6.45) is -2.79. The zero-order valence-corrected chi connectivity index (χ0v) is 26.6. The molecule has 0 bridgehead atoms. The van der Waals surface area contributed by atoms with Gasteiger partial charge in [-0.25, -0.2) is 24.2 Å². The van der Waals surface area contributed by atoms with Crippen LogP contribution in [0.2, 0.25) is 0 Å². The molecule has 3 N–H and O–H groups in total. The van der Waals surface area contributed by atoms with Gasteiger partial charge in [-0.3, -0.25) is 14.4 Å². The Morgan fingerprint density at radius 1 is 0.958 bits per heavy atom. The summed E-state index contributed by atoms with van der Waals surface area (Å²) in [5.41, 5.74) is 0.426. The fourth-order valence-electron chi connectivity index (χ4n) is 4.48. The molecule has 0 aliphatic carbocycles. The van der Waals surface area contributed by atoms with Gasteiger partial charge < -0.3 is 24.8 Å². The van der Waals surface area contributed by atoms with Crippen LogP contribution in [0.3, 0.4) is 0 Å². The van der Waals surface area contributed by atoms with Gasteiger partial charge in [0.1, 0.15) is 30.9 Å². The SMILES string of the molecule is CC(C)(C)OC(=O)N[C@@H](CCC(=O)OCc1ccccc1)C(=O)N1C(=O)N(C(=O)OCc2ccccc2)C[C@H]1C(=O)NCc1nn[nH]n1. The van der Waals surface area contributed by atoms with Crippen molar-refractivity contribution in [1.29, 1.82) is 0 Å². The van der Waals surface area contributed by atoms with Gasteiger partial charge in [-0.2, -0.15) is 5.21 Å². The van der Waals surface area contributed by atoms with Crippen LogP contribution in [0.5, 0.6) is 0 Å². The molecule has 17 heteroatoms. The van der Waals surface area contributed by atoms with E-state index in [0.717, 1.165) is 5.56 Å². The minimum absolute atomic E-state index is 0.0228. The van der Waals surface area contributed by atoms with E-state index in [1.54, 1.807) is 75.4 Å². The Labute approximate surface area is 275 Å². The monoisotopic (exact) mass is 664 g/mol. The third-order valence-corrected chi connectivity index (χ3v) is 6.75. The summed E-state index contributed by atoms with van der Waals surface area (Å²) in [4.78, 5) is 80.6. The summed E-state index contributed by atoms with van der Waals surface area (Å²) < 4.78 is 15.9. The van der Waals surface area contributed by atoms with E-state index in [9.17, 15) is 28.8 Å². The van der Waals surface area contributed by atoms with Gasteiger partial charge in [0, 0.05) is 6.42 Å². The zero-order valence-electron chi connectivity index (χ0n) is 26.6. The lowest BCUT2D eigenvalue weighted by molar-refractivity contribution is -0.145. The second-order valence-corrected chi connectivity index (χ2v) is 11.6. The van der Waals surface area contributed by atoms with Crippen molar-refractivity contribution in [3.05, 3.63) is 77.6 Å². The molecule has 2 atom stereocenters. The highest BCUT2D eigenvalue weighted by molar-refractivity contribution is 6.08. The summed E-state index contributed by atoms with van der Waals surface area (Å²) in [6, 6.07) is 13.3. The molecule has 1 aromatic heterocycles. The Kier molecular flexibility index (Phi) is 11.7. The van der Waals surface area contributed by atoms with Gasteiger partial charge >= 0.3 is 24.2 Å². The first-order valence-corrected chi connectivity index (χ1v) is 15.0. The lowest BCUT2D eigenvalue weighted by atomic mass is 10.1. The second kappa shape index (κ2) is 16.1. The van der Waals surface area contributed by atoms with Crippen molar-refractivity contribution in [2.75, 3.05) is 6.54 Å². The van der Waals surface area contributed by atoms with Gasteiger partial charge in [0.15, 0.2) is 5.82 Å². The number of benzene rings is 2. The van der Waals surface area contributed by atoms with Crippen molar-refractivity contribution in [1.82, 2.24) is 41.1 Å². The number of aromatic nitrogens is 4. The van der Waals surface area contributed by atoms with E-state index < -0.39 is 60.2 Å². The molecule has 0 unspecified atom stereocenters. The van der Waals surface area contributed by atoms with Gasteiger partial charge in [-0.05, 0) is 38.3 Å². The normalized spacial score (nSPS) is 15.0. The molecule has 6 amide bonds. The predicted molar refractivity (Wildman–Crippen MR) is 164 cm³/mol. The van der Waals surface area contributed by atoms with Crippen molar-refractivity contribution in [3.8, 4) is 0 Å². The van der Waals surface area contributed by atoms with E-state index >= 15 is 0 Å². The number of urea groups is 1. The Morgan fingerprint density at radius 2 is 1.58 bits per heavy atom. The Hall–Kier alpha value is -5.87. The molecule has 2 aromatic carbocycles. The number of carbonyl (C=O) groups excluding carboxylic acids is 6. The summed E-state index contributed by atoms with van der Waals surface area (Å²) in [5.74, 6) is -2.47. The first kappa shape index (κ1) is 35.0. The number of hydrogen-bond acceptors (Lipinski definition) is 12. The van der Waals surface area contributed by atoms with Crippen LogP contribution in [0.4, 0.5) is 14.4 Å². The molecule has 1 aliphatic rings. The topological polar surface area (TPSA) is 215 Å². The van der Waals surface area contributed by atoms with Gasteiger partial charge in [-0.15, -0.1) is 10.2 Å². The Morgan fingerprint density at radius 3 is 2.17 bits per heavy atom. The molecular formula is C31H36N8O9. The van der Waals surface area contributed by atoms with Crippen molar-refractivity contribution < 1.29 is 43.0 Å². The van der Waals surface area contributed by atoms with Crippen LogP contribution >= 0.6 is 0 Å². The molecule has 17 nitrogen and oxygen atoms in total. The highest BCUT2D eigenvalue weighted by Gasteiger charge is 2.50. The number of tetrazole rings is 1. The van der Waals surface area contributed by atoms with Crippen LogP contribution in [0.1, 0.15) is 50.6 Å². The first-order valence-electron chi connectivity index (χ1n) is 15.0. The minimum atomic E-state index is -1.55. The molecule has 3 aromatic rings. The van der Waals surface area contributed by atoms with Crippen LogP contribution in [-0.4, -0.2) is 90.7 Å². The van der Waals surface area contributed by atoms with Crippen LogP contribution < -0.4 is 10.6 Å². The van der Waals surface area contributed by atoms with Crippen LogP contribution in [0.15, 0.2) is 60.7 Å². The van der Waals surface area contributed by atoms with Gasteiger partial charge in [-0.1, -0.05) is 65.9 Å². The average Bonchev–Trinajstić information content (AvgIpc) is 3.71. The van der Waals surface area contributed by atoms with Gasteiger partial charge in [0.2, 0.25) is 5.91 Å². The summed E-state index contributed by atoms with van der Waals surface area (Å²) in [5, 5.41) is 18.0. The summed E-state index contributed by atoms with van der Waals surface area (Å²) in [7, 11) is 0. The van der Waals surface area contributed by atoms with Crippen LogP contribution in [0, 0.1) is 0 Å². The Bertz CT molecular complexity index is 1580. The van der Waals surface area contributed by atoms with Crippen molar-refractivity contribution in [3.63, 3.8) is 0 Å². The molecule has 1 saturated heterocycles. The zero-order chi connectivity index (χ0) is 34.7. The molecule has 1 aliphatic heterocycles. The first-order chi connectivity index (χ1) is 22.9. The molecular weight excluding hydrogens is 628 g/mol. The number of aromatic amines is 1. The van der Waals surface area contributed by atoms with Crippen molar-refractivity contribution in [2.24, 2.45) is 0 Å². The fraction of sp³-hybridized carbons (Fsp3) is 0.387. The van der Waals surface area contributed by atoms with Crippen molar-refractivity contribution >= 4 is 36.0 Å². The van der Waals surface area contributed by atoms with E-state index in [1.165, 1.54) is 0 Å². The van der Waals surface area contributed by atoms with E-state index in [0.29, 0.717) is 15.4 Å². The third-order valence-electron chi connectivity index (χ3n) is 6.75. The largest absolute Gasteiger partial charge is 0.461 e. The number of nitrogens with zero attached hydrogens (tertiary/aromatic N) is 5. The minimum Gasteiger partial charge on any atom is -0.461 e. The Balaban J connectivity index is 1.53. The number of rotatable bonds is 12. The molecule has 2 heterocycles. The van der Waals surface area contributed by atoms with E-state index in [-0.39, 0.29) is 38.4 Å². The maximum atomic E-state index is 14.0. The van der Waals surface area contributed by atoms with E-state index in [1.807, 2.05) is 6.07 Å². The molecule has 0 spiro atoms. The number of H-pyrrole nitrogens is 1. The van der Waals surface area contributed by atoms with Gasteiger partial charge in [0.25, 0.3) is 5.91 Å². The highest BCUT2D eigenvalue weighted by atomic mass is 16.6. The van der Waals surface area contributed by atoms with Crippen LogP contribution in [0.25, 0.3) is 0 Å². The predicted octanol–water partition coefficient (Wildman–Crippen LogP) is 2.20. The third kappa shape index (κ3) is 10.1. The number of hydrogen-bond donors (Lipinski definition) is 3. The smallest absolute Gasteiger partial charge is 0.418 e. The number of esters is 1. The number of nitrogens with one attached hydrogen (secondary N) is 3. The fourth-order valence-corrected chi connectivity index (χ4v) is 4.48. The summed E-state index contributed by atoms with van der Waals surface area (Å²) >= 11 is 0. The van der Waals surface area contributed by atoms with E-state index in [4.69, 9.17) is 14.2 Å². The number of carbonyl (C=O) groups is 6. The molecule has 0 saturated carbocycles. The molecule has 0 radical (unpaired) electrons. The quantitative estimate of drug-likeness (QED) is 0.188. The molecule has 254 valence electrons. The number of ether oxygens (including phenoxy) is 3. The maximum Gasteiger partial charge on any atom is 0.418 e. The average molecular weight is 665 g/mol. The lowest BCUT2D eigenvalue weighted by Crippen LogP contribution is -2.55. The molecule has 4 rings (SSSR count). The summed E-state index contributed by atoms with van der Waals surface area (Å²) in [6.45, 7) is 3.85. The maximum absolute atomic E-state index is 14.0. The number of alkyl carbamates (subject to hydrolysis) is 1. The highest BCUT2D eigenvalue weighted by Crippen LogP contribution is 2.22. The van der Waals surface area contributed by atoms with Crippen molar-refractivity contribution in [2.45, 2.75) is 71.1 Å². The number of amides is 6. The second-order valence-electron chi connectivity index (χ2n) is 11.6. The standard InChI is InChI=1S/C31H36N8O9/c1-31(2,3)48-28(43)33-22(14-15-25(40)46-18-20-10-6-4-7-11-20)27(42)39-23(26(41)32-16-24-34-36-37-35-24)17-38(29(39)44)30(45)47-19-21-12-8-5-9-13-21/h4-13,22-23H,14-19H2,1-3H3,(H,32,41)(H,33,43)(H,34,35,36,37)/t22-,23-/m0/s1. The number of imide groups is 2. The molecule has 48 heavy (non-hydrogen) atoms. The lowest BCUT2D eigenvalue weighted by Gasteiger charge is -2.27. The van der Waals surface area contributed by atoms with Crippen LogP contribution in [-0.2, 0) is 48.4 Å². The van der Waals surface area contributed by atoms with E-state index in [2.05, 4.69) is 31.3 Å².